The first-order valence-corrected chi connectivity index (χ1v) is 7.30. The fourth-order valence-corrected chi connectivity index (χ4v) is 2.01. The van der Waals surface area contributed by atoms with Crippen LogP contribution in [0.5, 0.6) is 0 Å². The van der Waals surface area contributed by atoms with E-state index in [0.717, 1.165) is 18.9 Å². The predicted octanol–water partition coefficient (Wildman–Crippen LogP) is 4.22. The van der Waals surface area contributed by atoms with Crippen molar-refractivity contribution in [3.05, 3.63) is 23.9 Å². The van der Waals surface area contributed by atoms with Gasteiger partial charge < -0.3 is 4.90 Å². The Kier molecular flexibility index (Phi) is 5.94. The Morgan fingerprint density at radius 1 is 1.22 bits per heavy atom. The highest BCUT2D eigenvalue weighted by atomic mass is 35.5. The zero-order chi connectivity index (χ0) is 13.6. The van der Waals surface area contributed by atoms with Gasteiger partial charge in [0, 0.05) is 25.2 Å². The third-order valence-electron chi connectivity index (χ3n) is 3.07. The lowest BCUT2D eigenvalue weighted by Crippen LogP contribution is -2.27. The van der Waals surface area contributed by atoms with Crippen molar-refractivity contribution in [1.82, 2.24) is 4.98 Å². The molecule has 102 valence electrons. The largest absolute Gasteiger partial charge is 0.355 e. The summed E-state index contributed by atoms with van der Waals surface area (Å²) in [5, 5.41) is 0. The molecule has 1 rings (SSSR count). The zero-order valence-electron chi connectivity index (χ0n) is 12.0. The van der Waals surface area contributed by atoms with Crippen LogP contribution < -0.4 is 4.90 Å². The topological polar surface area (TPSA) is 16.1 Å². The predicted molar refractivity (Wildman–Crippen MR) is 80.8 cm³/mol. The summed E-state index contributed by atoms with van der Waals surface area (Å²) in [7, 11) is 0. The van der Waals surface area contributed by atoms with E-state index in [-0.39, 0.29) is 5.41 Å². The standard InChI is InChI=1S/C15H25ClN2/c1-5-6-10-18(11-9-16)14-8-7-13(12-17-14)15(2,3)4/h7-8,12H,5-6,9-11H2,1-4H3. The molecule has 2 nitrogen and oxygen atoms in total. The average Bonchev–Trinajstić information content (AvgIpc) is 2.33. The highest BCUT2D eigenvalue weighted by molar-refractivity contribution is 6.18. The second-order valence-corrected chi connectivity index (χ2v) is 6.06. The number of halogens is 1. The Morgan fingerprint density at radius 3 is 2.39 bits per heavy atom. The highest BCUT2D eigenvalue weighted by Crippen LogP contribution is 2.23. The molecule has 0 amide bonds. The van der Waals surface area contributed by atoms with Crippen molar-refractivity contribution in [2.75, 3.05) is 23.9 Å². The number of anilines is 1. The molecule has 0 saturated carbocycles. The van der Waals surface area contributed by atoms with E-state index in [1.165, 1.54) is 18.4 Å². The van der Waals surface area contributed by atoms with Gasteiger partial charge in [-0.3, -0.25) is 0 Å². The van der Waals surface area contributed by atoms with Gasteiger partial charge in [-0.2, -0.15) is 0 Å². The SMILES string of the molecule is CCCCN(CCCl)c1ccc(C(C)(C)C)cn1. The number of hydrogen-bond acceptors (Lipinski definition) is 2. The van der Waals surface area contributed by atoms with Crippen molar-refractivity contribution in [3.63, 3.8) is 0 Å². The van der Waals surface area contributed by atoms with Crippen molar-refractivity contribution in [2.45, 2.75) is 46.0 Å². The number of pyridine rings is 1. The van der Waals surface area contributed by atoms with Gasteiger partial charge in [0.2, 0.25) is 0 Å². The Morgan fingerprint density at radius 2 is 1.94 bits per heavy atom. The van der Waals surface area contributed by atoms with E-state index in [9.17, 15) is 0 Å². The molecule has 0 spiro atoms. The maximum atomic E-state index is 5.86. The highest BCUT2D eigenvalue weighted by Gasteiger charge is 2.14. The van der Waals surface area contributed by atoms with Gasteiger partial charge in [0.15, 0.2) is 0 Å². The van der Waals surface area contributed by atoms with Gasteiger partial charge >= 0.3 is 0 Å². The molecule has 1 aromatic rings. The van der Waals surface area contributed by atoms with Gasteiger partial charge in [-0.25, -0.2) is 4.98 Å². The Labute approximate surface area is 116 Å². The minimum atomic E-state index is 0.159. The van der Waals surface area contributed by atoms with Gasteiger partial charge in [-0.15, -0.1) is 11.6 Å². The molecule has 0 saturated heterocycles. The Balaban J connectivity index is 2.79. The van der Waals surface area contributed by atoms with Gasteiger partial charge in [0.1, 0.15) is 5.82 Å². The zero-order valence-corrected chi connectivity index (χ0v) is 12.8. The number of aromatic nitrogens is 1. The normalized spacial score (nSPS) is 11.6. The summed E-state index contributed by atoms with van der Waals surface area (Å²) < 4.78 is 0. The summed E-state index contributed by atoms with van der Waals surface area (Å²) in [6.45, 7) is 10.7. The summed E-state index contributed by atoms with van der Waals surface area (Å²) in [6.07, 6.45) is 4.36. The molecule has 0 aliphatic heterocycles. The maximum Gasteiger partial charge on any atom is 0.128 e. The Bertz CT molecular complexity index is 341. The van der Waals surface area contributed by atoms with Crippen LogP contribution in [0.3, 0.4) is 0 Å². The molecule has 0 radical (unpaired) electrons. The van der Waals surface area contributed by atoms with Crippen LogP contribution in [0, 0.1) is 0 Å². The molecular weight excluding hydrogens is 244 g/mol. The van der Waals surface area contributed by atoms with E-state index < -0.39 is 0 Å². The van der Waals surface area contributed by atoms with E-state index in [0.29, 0.717) is 5.88 Å². The van der Waals surface area contributed by atoms with Crippen LogP contribution in [-0.2, 0) is 5.41 Å². The minimum absolute atomic E-state index is 0.159. The molecule has 18 heavy (non-hydrogen) atoms. The molecule has 0 aliphatic carbocycles. The van der Waals surface area contributed by atoms with Crippen LogP contribution in [0.1, 0.15) is 46.1 Å². The molecule has 1 aromatic heterocycles. The molecule has 3 heteroatoms. The maximum absolute atomic E-state index is 5.86. The summed E-state index contributed by atoms with van der Waals surface area (Å²) in [6, 6.07) is 4.29. The Hall–Kier alpha value is -0.760. The number of rotatable bonds is 6. The molecule has 1 heterocycles. The minimum Gasteiger partial charge on any atom is -0.355 e. The first-order valence-electron chi connectivity index (χ1n) is 6.76. The van der Waals surface area contributed by atoms with Crippen LogP contribution >= 0.6 is 11.6 Å². The summed E-state index contributed by atoms with van der Waals surface area (Å²) in [4.78, 5) is 6.85. The molecule has 0 aromatic carbocycles. The van der Waals surface area contributed by atoms with Crippen molar-refractivity contribution in [2.24, 2.45) is 0 Å². The van der Waals surface area contributed by atoms with E-state index in [2.05, 4.69) is 49.7 Å². The van der Waals surface area contributed by atoms with Crippen molar-refractivity contribution in [3.8, 4) is 0 Å². The second kappa shape index (κ2) is 6.98. The molecule has 0 bridgehead atoms. The van der Waals surface area contributed by atoms with Gasteiger partial charge in [0.05, 0.1) is 0 Å². The van der Waals surface area contributed by atoms with Crippen LogP contribution in [0.2, 0.25) is 0 Å². The van der Waals surface area contributed by atoms with Crippen LogP contribution in [0.25, 0.3) is 0 Å². The van der Waals surface area contributed by atoms with E-state index in [1.807, 2.05) is 6.20 Å². The number of alkyl halides is 1. The number of nitrogens with zero attached hydrogens (tertiary/aromatic N) is 2. The van der Waals surface area contributed by atoms with E-state index in [1.54, 1.807) is 0 Å². The van der Waals surface area contributed by atoms with Crippen LogP contribution in [-0.4, -0.2) is 24.0 Å². The van der Waals surface area contributed by atoms with Crippen LogP contribution in [0.15, 0.2) is 18.3 Å². The molecule has 0 atom stereocenters. The fourth-order valence-electron chi connectivity index (χ4n) is 1.81. The van der Waals surface area contributed by atoms with Crippen molar-refractivity contribution in [1.29, 1.82) is 0 Å². The monoisotopic (exact) mass is 268 g/mol. The number of unbranched alkanes of at least 4 members (excludes halogenated alkanes) is 1. The molecule has 0 N–H and O–H groups in total. The fraction of sp³-hybridized carbons (Fsp3) is 0.667. The first kappa shape index (κ1) is 15.3. The summed E-state index contributed by atoms with van der Waals surface area (Å²) in [5.41, 5.74) is 1.43. The molecular formula is C15H25ClN2. The van der Waals surface area contributed by atoms with Gasteiger partial charge in [0.25, 0.3) is 0 Å². The first-order chi connectivity index (χ1) is 8.49. The number of hydrogen-bond donors (Lipinski definition) is 0. The van der Waals surface area contributed by atoms with Crippen molar-refractivity contribution < 1.29 is 0 Å². The summed E-state index contributed by atoms with van der Waals surface area (Å²) >= 11 is 5.86. The third kappa shape index (κ3) is 4.49. The van der Waals surface area contributed by atoms with Gasteiger partial charge in [-0.1, -0.05) is 40.2 Å². The van der Waals surface area contributed by atoms with Gasteiger partial charge in [-0.05, 0) is 23.5 Å². The molecule has 0 fully saturated rings. The van der Waals surface area contributed by atoms with E-state index in [4.69, 9.17) is 11.6 Å². The third-order valence-corrected chi connectivity index (χ3v) is 3.24. The summed E-state index contributed by atoms with van der Waals surface area (Å²) in [5.74, 6) is 1.68. The van der Waals surface area contributed by atoms with E-state index >= 15 is 0 Å². The van der Waals surface area contributed by atoms with Crippen LogP contribution in [0.4, 0.5) is 5.82 Å². The average molecular weight is 269 g/mol. The quantitative estimate of drug-likeness (QED) is 0.718. The molecule has 0 aliphatic rings. The molecule has 0 unspecified atom stereocenters. The lowest BCUT2D eigenvalue weighted by atomic mass is 9.88. The van der Waals surface area contributed by atoms with Crippen molar-refractivity contribution >= 4 is 17.4 Å². The smallest absolute Gasteiger partial charge is 0.128 e. The second-order valence-electron chi connectivity index (χ2n) is 5.68. The lowest BCUT2D eigenvalue weighted by molar-refractivity contribution is 0.587. The lowest BCUT2D eigenvalue weighted by Gasteiger charge is -2.24.